The van der Waals surface area contributed by atoms with Gasteiger partial charge in [0.05, 0.1) is 0 Å². The van der Waals surface area contributed by atoms with Crippen LogP contribution in [0.25, 0.3) is 32.7 Å². The molecule has 0 aliphatic carbocycles. The monoisotopic (exact) mass is 379 g/mol. The molecule has 0 amide bonds. The van der Waals surface area contributed by atoms with Crippen LogP contribution in [-0.4, -0.2) is 5.54 Å². The number of anilines is 2. The lowest BCUT2D eigenvalue weighted by Crippen LogP contribution is -2.38. The van der Waals surface area contributed by atoms with Gasteiger partial charge in [0, 0.05) is 27.7 Å². The van der Waals surface area contributed by atoms with E-state index in [0.29, 0.717) is 0 Å². The van der Waals surface area contributed by atoms with E-state index >= 15 is 0 Å². The Bertz CT molecular complexity index is 1350. The Kier molecular flexibility index (Phi) is 3.92. The first-order valence-electron chi connectivity index (χ1n) is 10.1. The predicted molar refractivity (Wildman–Crippen MR) is 124 cm³/mol. The van der Waals surface area contributed by atoms with Gasteiger partial charge in [0.2, 0.25) is 0 Å². The third-order valence-corrected chi connectivity index (χ3v) is 5.60. The Labute approximate surface area is 171 Å². The van der Waals surface area contributed by atoms with E-state index in [1.54, 1.807) is 0 Å². The molecule has 1 heterocycles. The zero-order valence-corrected chi connectivity index (χ0v) is 17.4. The van der Waals surface area contributed by atoms with Crippen molar-refractivity contribution in [3.63, 3.8) is 0 Å². The van der Waals surface area contributed by atoms with E-state index in [9.17, 15) is 0 Å². The predicted octanol–water partition coefficient (Wildman–Crippen LogP) is 7.98. The van der Waals surface area contributed by atoms with Crippen molar-refractivity contribution < 1.29 is 4.42 Å². The second kappa shape index (κ2) is 6.38. The maximum atomic E-state index is 6.12. The van der Waals surface area contributed by atoms with Crippen molar-refractivity contribution >= 4 is 44.1 Å². The van der Waals surface area contributed by atoms with Gasteiger partial charge in [-0.15, -0.1) is 0 Å². The van der Waals surface area contributed by atoms with Crippen LogP contribution in [0.1, 0.15) is 26.3 Å². The lowest BCUT2D eigenvalue weighted by molar-refractivity contribution is 0.559. The zero-order chi connectivity index (χ0) is 20.2. The van der Waals surface area contributed by atoms with E-state index in [2.05, 4.69) is 99.3 Å². The van der Waals surface area contributed by atoms with Crippen LogP contribution in [0.3, 0.4) is 0 Å². The van der Waals surface area contributed by atoms with Gasteiger partial charge in [-0.2, -0.15) is 0 Å². The molecular formula is C27H25NO. The summed E-state index contributed by atoms with van der Waals surface area (Å²) in [6.45, 7) is 8.94. The third-order valence-electron chi connectivity index (χ3n) is 5.60. The number of rotatable bonds is 2. The summed E-state index contributed by atoms with van der Waals surface area (Å²) >= 11 is 0. The number of fused-ring (bicyclic) bond motifs is 4. The van der Waals surface area contributed by atoms with E-state index in [1.165, 1.54) is 38.5 Å². The van der Waals surface area contributed by atoms with Gasteiger partial charge in [0.15, 0.2) is 0 Å². The molecule has 5 rings (SSSR count). The number of furan rings is 1. The van der Waals surface area contributed by atoms with Crippen LogP contribution < -0.4 is 4.90 Å². The molecule has 0 N–H and O–H groups in total. The van der Waals surface area contributed by atoms with E-state index in [-0.39, 0.29) is 5.54 Å². The average Bonchev–Trinajstić information content (AvgIpc) is 3.04. The first-order valence-corrected chi connectivity index (χ1v) is 10.1. The fraction of sp³-hybridized carbons (Fsp3) is 0.185. The number of nitrogens with zero attached hydrogens (tertiary/aromatic N) is 1. The second-order valence-corrected chi connectivity index (χ2v) is 8.77. The van der Waals surface area contributed by atoms with Crippen molar-refractivity contribution in [3.05, 3.63) is 84.4 Å². The summed E-state index contributed by atoms with van der Waals surface area (Å²) in [6.07, 6.45) is 0. The van der Waals surface area contributed by atoms with Crippen LogP contribution in [0.15, 0.2) is 83.3 Å². The maximum Gasteiger partial charge on any atom is 0.136 e. The van der Waals surface area contributed by atoms with Gasteiger partial charge in [-0.25, -0.2) is 0 Å². The molecule has 0 aliphatic rings. The summed E-state index contributed by atoms with van der Waals surface area (Å²) in [5.74, 6) is 0. The van der Waals surface area contributed by atoms with Crippen molar-refractivity contribution in [2.75, 3.05) is 4.90 Å². The minimum absolute atomic E-state index is 0.0523. The minimum Gasteiger partial charge on any atom is -0.456 e. The van der Waals surface area contributed by atoms with Crippen molar-refractivity contribution in [1.82, 2.24) is 0 Å². The zero-order valence-electron chi connectivity index (χ0n) is 17.4. The van der Waals surface area contributed by atoms with Gasteiger partial charge >= 0.3 is 0 Å². The van der Waals surface area contributed by atoms with E-state index in [1.807, 2.05) is 12.1 Å². The molecule has 5 aromatic rings. The highest BCUT2D eigenvalue weighted by Gasteiger charge is 2.25. The molecule has 0 radical (unpaired) electrons. The number of aryl methyl sites for hydroxylation is 1. The van der Waals surface area contributed by atoms with Crippen molar-refractivity contribution in [1.29, 1.82) is 0 Å². The van der Waals surface area contributed by atoms with Crippen molar-refractivity contribution in [3.8, 4) is 0 Å². The topological polar surface area (TPSA) is 16.4 Å². The molecule has 0 saturated heterocycles. The molecule has 0 unspecified atom stereocenters. The van der Waals surface area contributed by atoms with Crippen molar-refractivity contribution in [2.45, 2.75) is 33.2 Å². The molecular weight excluding hydrogens is 354 g/mol. The molecule has 0 bridgehead atoms. The highest BCUT2D eigenvalue weighted by Crippen LogP contribution is 2.38. The molecule has 0 saturated carbocycles. The minimum atomic E-state index is -0.0523. The molecule has 2 heteroatoms. The number of benzene rings is 4. The fourth-order valence-electron chi connectivity index (χ4n) is 4.30. The molecule has 0 fully saturated rings. The van der Waals surface area contributed by atoms with Gasteiger partial charge in [-0.1, -0.05) is 42.5 Å². The first-order chi connectivity index (χ1) is 13.9. The Balaban J connectivity index is 1.72. The molecule has 144 valence electrons. The number of para-hydroxylation sites is 2. The lowest BCUT2D eigenvalue weighted by Gasteiger charge is -2.39. The summed E-state index contributed by atoms with van der Waals surface area (Å²) < 4.78 is 6.12. The standard InChI is InChI=1S/C27H25NO/c1-18-9-5-7-11-24(18)28(27(2,3)4)21-14-13-19-16-23-22-10-6-8-12-25(22)29-26(23)17-20(19)15-21/h5-17H,1-4H3. The Morgan fingerprint density at radius 2 is 1.45 bits per heavy atom. The molecule has 0 aliphatic heterocycles. The largest absolute Gasteiger partial charge is 0.456 e. The summed E-state index contributed by atoms with van der Waals surface area (Å²) in [5, 5.41) is 4.76. The van der Waals surface area contributed by atoms with E-state index < -0.39 is 0 Å². The molecule has 2 nitrogen and oxygen atoms in total. The number of hydrogen-bond donors (Lipinski definition) is 0. The smallest absolute Gasteiger partial charge is 0.136 e. The maximum absolute atomic E-state index is 6.12. The fourth-order valence-corrected chi connectivity index (χ4v) is 4.30. The van der Waals surface area contributed by atoms with Crippen LogP contribution in [0.5, 0.6) is 0 Å². The summed E-state index contributed by atoms with van der Waals surface area (Å²) in [7, 11) is 0. The summed E-state index contributed by atoms with van der Waals surface area (Å²) in [4.78, 5) is 2.42. The average molecular weight is 380 g/mol. The summed E-state index contributed by atoms with van der Waals surface area (Å²) in [5.41, 5.74) is 5.53. The summed E-state index contributed by atoms with van der Waals surface area (Å²) in [6, 6.07) is 28.0. The van der Waals surface area contributed by atoms with Crippen LogP contribution in [0.2, 0.25) is 0 Å². The SMILES string of the molecule is Cc1ccccc1N(c1ccc2cc3c(cc2c1)oc1ccccc13)C(C)(C)C. The molecule has 4 aromatic carbocycles. The van der Waals surface area contributed by atoms with Gasteiger partial charge in [0.1, 0.15) is 11.2 Å². The van der Waals surface area contributed by atoms with Gasteiger partial charge in [-0.3, -0.25) is 0 Å². The highest BCUT2D eigenvalue weighted by molar-refractivity contribution is 6.10. The van der Waals surface area contributed by atoms with Crippen LogP contribution in [0.4, 0.5) is 11.4 Å². The van der Waals surface area contributed by atoms with Gasteiger partial charge in [-0.05, 0) is 80.4 Å². The second-order valence-electron chi connectivity index (χ2n) is 8.77. The molecule has 29 heavy (non-hydrogen) atoms. The van der Waals surface area contributed by atoms with Crippen LogP contribution >= 0.6 is 0 Å². The Morgan fingerprint density at radius 1 is 0.690 bits per heavy atom. The quantitative estimate of drug-likeness (QED) is 0.309. The Morgan fingerprint density at radius 3 is 2.24 bits per heavy atom. The molecule has 0 atom stereocenters. The van der Waals surface area contributed by atoms with Gasteiger partial charge in [0.25, 0.3) is 0 Å². The van der Waals surface area contributed by atoms with Crippen LogP contribution in [-0.2, 0) is 0 Å². The van der Waals surface area contributed by atoms with E-state index in [4.69, 9.17) is 4.42 Å². The molecule has 1 aromatic heterocycles. The highest BCUT2D eigenvalue weighted by atomic mass is 16.3. The molecule has 0 spiro atoms. The normalized spacial score (nSPS) is 12.1. The third kappa shape index (κ3) is 2.96. The van der Waals surface area contributed by atoms with Gasteiger partial charge < -0.3 is 9.32 Å². The lowest BCUT2D eigenvalue weighted by atomic mass is 9.99. The van der Waals surface area contributed by atoms with Crippen molar-refractivity contribution in [2.24, 2.45) is 0 Å². The van der Waals surface area contributed by atoms with E-state index in [0.717, 1.165) is 11.2 Å². The number of hydrogen-bond acceptors (Lipinski definition) is 2. The Hall–Kier alpha value is -3.26. The van der Waals surface area contributed by atoms with Crippen LogP contribution in [0, 0.1) is 6.92 Å². The first kappa shape index (κ1) is 17.8.